The highest BCUT2D eigenvalue weighted by Crippen LogP contribution is 2.29. The fourth-order valence-electron chi connectivity index (χ4n) is 3.39. The van der Waals surface area contributed by atoms with E-state index in [9.17, 15) is 22.4 Å². The second kappa shape index (κ2) is 9.81. The molecule has 0 bridgehead atoms. The lowest BCUT2D eigenvalue weighted by Gasteiger charge is -2.24. The Morgan fingerprint density at radius 2 is 1.81 bits per heavy atom. The zero-order valence-corrected chi connectivity index (χ0v) is 17.2. The molecule has 0 fully saturated rings. The van der Waals surface area contributed by atoms with Crippen LogP contribution in [-0.2, 0) is 19.3 Å². The molecule has 3 nitrogen and oxygen atoms in total. The summed E-state index contributed by atoms with van der Waals surface area (Å²) in [5.74, 6) is -0.756. The van der Waals surface area contributed by atoms with Crippen LogP contribution in [0.5, 0.6) is 0 Å². The van der Waals surface area contributed by atoms with E-state index in [0.29, 0.717) is 12.1 Å². The molecule has 3 aromatic rings. The molecule has 7 heteroatoms. The van der Waals surface area contributed by atoms with Gasteiger partial charge in [-0.05, 0) is 54.4 Å². The van der Waals surface area contributed by atoms with Gasteiger partial charge >= 0.3 is 6.18 Å². The maximum atomic E-state index is 13.6. The van der Waals surface area contributed by atoms with Gasteiger partial charge in [-0.15, -0.1) is 0 Å². The van der Waals surface area contributed by atoms with Crippen LogP contribution < -0.4 is 0 Å². The molecule has 0 aliphatic rings. The fourth-order valence-corrected chi connectivity index (χ4v) is 3.39. The van der Waals surface area contributed by atoms with Crippen LogP contribution in [0.1, 0.15) is 46.9 Å². The van der Waals surface area contributed by atoms with Crippen molar-refractivity contribution in [3.05, 3.63) is 95.1 Å². The first kappa shape index (κ1) is 22.6. The molecule has 0 atom stereocenters. The van der Waals surface area contributed by atoms with Crippen LogP contribution in [-0.4, -0.2) is 21.9 Å². The lowest BCUT2D eigenvalue weighted by molar-refractivity contribution is -0.137. The van der Waals surface area contributed by atoms with Crippen molar-refractivity contribution in [2.75, 3.05) is 6.54 Å². The first-order valence-electron chi connectivity index (χ1n) is 10.1. The van der Waals surface area contributed by atoms with Gasteiger partial charge in [-0.2, -0.15) is 13.2 Å². The van der Waals surface area contributed by atoms with Gasteiger partial charge in [-0.1, -0.05) is 31.5 Å². The van der Waals surface area contributed by atoms with Crippen LogP contribution in [0.2, 0.25) is 0 Å². The fraction of sp³-hybridized carbons (Fsp3) is 0.292. The second-order valence-electron chi connectivity index (χ2n) is 7.42. The van der Waals surface area contributed by atoms with E-state index in [0.717, 1.165) is 30.7 Å². The van der Waals surface area contributed by atoms with Crippen molar-refractivity contribution < 1.29 is 22.4 Å². The molecule has 0 aliphatic heterocycles. The normalized spacial score (nSPS) is 11.5. The van der Waals surface area contributed by atoms with Gasteiger partial charge in [0, 0.05) is 30.5 Å². The van der Waals surface area contributed by atoms with Crippen molar-refractivity contribution in [2.45, 2.75) is 39.0 Å². The third-order valence-corrected chi connectivity index (χ3v) is 5.02. The monoisotopic (exact) mass is 432 g/mol. The summed E-state index contributed by atoms with van der Waals surface area (Å²) < 4.78 is 54.5. The maximum absolute atomic E-state index is 13.6. The summed E-state index contributed by atoms with van der Waals surface area (Å²) >= 11 is 0. The minimum Gasteiger partial charge on any atom is -0.345 e. The minimum atomic E-state index is -4.40. The number of hydrogen-bond acceptors (Lipinski definition) is 1. The Kier molecular flexibility index (Phi) is 7.15. The zero-order valence-electron chi connectivity index (χ0n) is 17.2. The quantitative estimate of drug-likeness (QED) is 0.393. The van der Waals surface area contributed by atoms with Gasteiger partial charge in [-0.25, -0.2) is 4.39 Å². The minimum absolute atomic E-state index is 0.252. The van der Waals surface area contributed by atoms with Crippen LogP contribution >= 0.6 is 0 Å². The topological polar surface area (TPSA) is 25.2 Å². The van der Waals surface area contributed by atoms with E-state index in [1.807, 2.05) is 17.6 Å². The summed E-state index contributed by atoms with van der Waals surface area (Å²) in [6.45, 7) is 3.05. The molecule has 1 amide bonds. The van der Waals surface area contributed by atoms with Crippen molar-refractivity contribution in [3.63, 3.8) is 0 Å². The summed E-state index contributed by atoms with van der Waals surface area (Å²) in [5, 5.41) is 0. The molecular formula is C24H24F4N2O. The number of nitrogens with zero attached hydrogens (tertiary/aromatic N) is 2. The third-order valence-electron chi connectivity index (χ3n) is 5.02. The highest BCUT2D eigenvalue weighted by Gasteiger charge is 2.30. The molecule has 0 saturated carbocycles. The first-order chi connectivity index (χ1) is 14.8. The highest BCUT2D eigenvalue weighted by molar-refractivity contribution is 5.94. The summed E-state index contributed by atoms with van der Waals surface area (Å²) in [6, 6.07) is 14.4. The molecular weight excluding hydrogens is 408 g/mol. The molecule has 2 aromatic carbocycles. The van der Waals surface area contributed by atoms with Crippen LogP contribution in [0.15, 0.2) is 66.9 Å². The predicted octanol–water partition coefficient (Wildman–Crippen LogP) is 6.14. The number of rotatable bonds is 8. The lowest BCUT2D eigenvalue weighted by atomic mass is 10.1. The average Bonchev–Trinajstić information content (AvgIpc) is 3.16. The number of amides is 1. The number of unbranched alkanes of at least 4 members (excludes halogenated alkanes) is 1. The van der Waals surface area contributed by atoms with Gasteiger partial charge in [0.25, 0.3) is 5.91 Å². The Bertz CT molecular complexity index is 1030. The zero-order chi connectivity index (χ0) is 22.4. The SMILES string of the molecule is CCCCN(Cc1cccn1Cc1cccc(C(F)(F)F)c1)C(=O)c1cccc(F)c1. The second-order valence-corrected chi connectivity index (χ2v) is 7.42. The van der Waals surface area contributed by atoms with Crippen LogP contribution in [0.25, 0.3) is 0 Å². The summed E-state index contributed by atoms with van der Waals surface area (Å²) in [7, 11) is 0. The summed E-state index contributed by atoms with van der Waals surface area (Å²) in [6.07, 6.45) is -0.947. The molecule has 0 aliphatic carbocycles. The van der Waals surface area contributed by atoms with E-state index >= 15 is 0 Å². The van der Waals surface area contributed by atoms with E-state index in [-0.39, 0.29) is 24.6 Å². The standard InChI is InChI=1S/C24H24F4N2O/c1-2-3-12-30(23(31)19-8-5-10-21(25)15-19)17-22-11-6-13-29(22)16-18-7-4-9-20(14-18)24(26,27)28/h4-11,13-15H,2-3,12,16-17H2,1H3. The van der Waals surface area contributed by atoms with Gasteiger partial charge in [0.1, 0.15) is 5.82 Å². The number of hydrogen-bond donors (Lipinski definition) is 0. The van der Waals surface area contributed by atoms with E-state index < -0.39 is 17.6 Å². The smallest absolute Gasteiger partial charge is 0.345 e. The van der Waals surface area contributed by atoms with Gasteiger partial charge < -0.3 is 9.47 Å². The number of carbonyl (C=O) groups is 1. The Balaban J connectivity index is 1.81. The van der Waals surface area contributed by atoms with Crippen molar-refractivity contribution in [2.24, 2.45) is 0 Å². The maximum Gasteiger partial charge on any atom is 0.416 e. The van der Waals surface area contributed by atoms with Crippen molar-refractivity contribution in [3.8, 4) is 0 Å². The molecule has 0 spiro atoms. The molecule has 1 aromatic heterocycles. The molecule has 0 radical (unpaired) electrons. The Morgan fingerprint density at radius 1 is 1.03 bits per heavy atom. The van der Waals surface area contributed by atoms with Gasteiger partial charge in [0.2, 0.25) is 0 Å². The third kappa shape index (κ3) is 5.96. The Labute approximate surface area is 178 Å². The average molecular weight is 432 g/mol. The molecule has 3 rings (SSSR count). The lowest BCUT2D eigenvalue weighted by Crippen LogP contribution is -2.32. The van der Waals surface area contributed by atoms with Crippen LogP contribution in [0.3, 0.4) is 0 Å². The number of carbonyl (C=O) groups excluding carboxylic acids is 1. The van der Waals surface area contributed by atoms with Gasteiger partial charge in [-0.3, -0.25) is 4.79 Å². The summed E-state index contributed by atoms with van der Waals surface area (Å²) in [4.78, 5) is 14.6. The molecule has 0 unspecified atom stereocenters. The summed E-state index contributed by atoms with van der Waals surface area (Å²) in [5.41, 5.74) is 0.888. The molecule has 0 saturated heterocycles. The van der Waals surface area contributed by atoms with Crippen molar-refractivity contribution in [1.82, 2.24) is 9.47 Å². The van der Waals surface area contributed by atoms with Crippen LogP contribution in [0.4, 0.5) is 17.6 Å². The van der Waals surface area contributed by atoms with Gasteiger partial charge in [0.15, 0.2) is 0 Å². The highest BCUT2D eigenvalue weighted by atomic mass is 19.4. The molecule has 0 N–H and O–H groups in total. The van der Waals surface area contributed by atoms with Crippen molar-refractivity contribution >= 4 is 5.91 Å². The predicted molar refractivity (Wildman–Crippen MR) is 111 cm³/mol. The molecule has 1 heterocycles. The number of halogens is 4. The van der Waals surface area contributed by atoms with E-state index in [1.54, 1.807) is 29.3 Å². The number of alkyl halides is 3. The number of aromatic nitrogens is 1. The molecule has 164 valence electrons. The molecule has 31 heavy (non-hydrogen) atoms. The van der Waals surface area contributed by atoms with E-state index in [2.05, 4.69) is 0 Å². The largest absolute Gasteiger partial charge is 0.416 e. The Morgan fingerprint density at radius 3 is 2.52 bits per heavy atom. The van der Waals surface area contributed by atoms with E-state index in [1.165, 1.54) is 24.3 Å². The van der Waals surface area contributed by atoms with Crippen LogP contribution in [0, 0.1) is 5.82 Å². The first-order valence-corrected chi connectivity index (χ1v) is 10.1. The Hall–Kier alpha value is -3.09. The van der Waals surface area contributed by atoms with Crippen molar-refractivity contribution in [1.29, 1.82) is 0 Å². The van der Waals surface area contributed by atoms with E-state index in [4.69, 9.17) is 0 Å². The number of benzene rings is 2. The van der Waals surface area contributed by atoms with Gasteiger partial charge in [0.05, 0.1) is 12.1 Å².